The summed E-state index contributed by atoms with van der Waals surface area (Å²) in [6, 6.07) is 1.75. The molecule has 2 heterocycles. The second kappa shape index (κ2) is 10.8. The molecule has 9 heteroatoms. The third-order valence-corrected chi connectivity index (χ3v) is 4.98. The lowest BCUT2D eigenvalue weighted by Gasteiger charge is -2.26. The average molecular weight is 388 g/mol. The van der Waals surface area contributed by atoms with Gasteiger partial charge in [-0.25, -0.2) is 9.97 Å². The number of thioether (sulfide) groups is 1. The Labute approximate surface area is 158 Å². The Morgan fingerprint density at radius 1 is 1.36 bits per heavy atom. The van der Waals surface area contributed by atoms with Crippen molar-refractivity contribution in [1.82, 2.24) is 20.2 Å². The molecule has 1 aliphatic rings. The van der Waals surface area contributed by atoms with E-state index in [0.717, 1.165) is 51.8 Å². The van der Waals surface area contributed by atoms with Crippen LogP contribution in [0, 0.1) is 0 Å². The van der Waals surface area contributed by atoms with E-state index >= 15 is 0 Å². The maximum atomic E-state index is 12.0. The van der Waals surface area contributed by atoms with Crippen LogP contribution in [0.5, 0.6) is 0 Å². The summed E-state index contributed by atoms with van der Waals surface area (Å²) in [5, 5.41) is 3.85. The molecule has 0 unspecified atom stereocenters. The van der Waals surface area contributed by atoms with Crippen molar-refractivity contribution >= 4 is 35.1 Å². The van der Waals surface area contributed by atoms with Crippen molar-refractivity contribution in [3.63, 3.8) is 0 Å². The molecule has 1 N–H and O–H groups in total. The number of aromatic nitrogens is 2. The summed E-state index contributed by atoms with van der Waals surface area (Å²) in [4.78, 5) is 25.1. The summed E-state index contributed by atoms with van der Waals surface area (Å²) < 4.78 is 5.31. The van der Waals surface area contributed by atoms with Gasteiger partial charge in [-0.05, 0) is 13.8 Å². The third-order valence-electron chi connectivity index (χ3n) is 3.93. The zero-order chi connectivity index (χ0) is 18.1. The first-order valence-electron chi connectivity index (χ1n) is 8.61. The van der Waals surface area contributed by atoms with E-state index in [0.29, 0.717) is 16.9 Å². The minimum atomic E-state index is -0.0220. The van der Waals surface area contributed by atoms with Crippen LogP contribution >= 0.6 is 23.4 Å². The highest BCUT2D eigenvalue weighted by Gasteiger charge is 2.12. The minimum Gasteiger partial charge on any atom is -0.379 e. The van der Waals surface area contributed by atoms with Crippen LogP contribution < -0.4 is 10.2 Å². The van der Waals surface area contributed by atoms with E-state index in [1.54, 1.807) is 6.07 Å². The van der Waals surface area contributed by atoms with Gasteiger partial charge in [0.05, 0.1) is 19.0 Å². The van der Waals surface area contributed by atoms with Gasteiger partial charge in [-0.2, -0.15) is 0 Å². The Morgan fingerprint density at radius 3 is 2.76 bits per heavy atom. The molecule has 1 aliphatic heterocycles. The second-order valence-corrected chi connectivity index (χ2v) is 6.93. The molecule has 1 aromatic rings. The molecule has 1 saturated heterocycles. The van der Waals surface area contributed by atoms with Crippen LogP contribution in [-0.4, -0.2) is 79.0 Å². The highest BCUT2D eigenvalue weighted by molar-refractivity contribution is 7.99. The number of ether oxygens (including phenoxy) is 1. The van der Waals surface area contributed by atoms with Crippen LogP contribution in [0.4, 0.5) is 5.82 Å². The number of hydrogen-bond donors (Lipinski definition) is 1. The molecule has 0 spiro atoms. The van der Waals surface area contributed by atoms with E-state index in [1.807, 2.05) is 0 Å². The van der Waals surface area contributed by atoms with Crippen LogP contribution in [0.25, 0.3) is 0 Å². The number of halogens is 1. The standard InChI is InChI=1S/C16H26ClN5O2S/c1-3-22(4-2)14-11-13(17)19-16(20-14)25-12-15(23)18-5-6-21-7-9-24-10-8-21/h11H,3-10,12H2,1-2H3,(H,18,23). The summed E-state index contributed by atoms with van der Waals surface area (Å²) in [6.07, 6.45) is 0. The van der Waals surface area contributed by atoms with Crippen molar-refractivity contribution in [2.75, 3.05) is 63.1 Å². The van der Waals surface area contributed by atoms with Gasteiger partial charge < -0.3 is 15.0 Å². The van der Waals surface area contributed by atoms with Crippen LogP contribution in [0.1, 0.15) is 13.8 Å². The molecule has 0 saturated carbocycles. The van der Waals surface area contributed by atoms with Crippen LogP contribution in [0.3, 0.4) is 0 Å². The number of nitrogens with zero attached hydrogens (tertiary/aromatic N) is 4. The molecule has 0 aliphatic carbocycles. The van der Waals surface area contributed by atoms with Crippen molar-refractivity contribution in [1.29, 1.82) is 0 Å². The fourth-order valence-corrected chi connectivity index (χ4v) is 3.43. The molecule has 1 amide bonds. The molecular formula is C16H26ClN5O2S. The van der Waals surface area contributed by atoms with Crippen molar-refractivity contribution in [3.8, 4) is 0 Å². The molecular weight excluding hydrogens is 362 g/mol. The summed E-state index contributed by atoms with van der Waals surface area (Å²) in [6.45, 7) is 10.7. The molecule has 2 rings (SSSR count). The Bertz CT molecular complexity index is 553. The maximum Gasteiger partial charge on any atom is 0.230 e. The number of anilines is 1. The smallest absolute Gasteiger partial charge is 0.230 e. The first kappa shape index (κ1) is 20.2. The number of rotatable bonds is 9. The summed E-state index contributed by atoms with van der Waals surface area (Å²) >= 11 is 7.39. The van der Waals surface area contributed by atoms with Gasteiger partial charge in [0.2, 0.25) is 5.91 Å². The zero-order valence-corrected chi connectivity index (χ0v) is 16.4. The quantitative estimate of drug-likeness (QED) is 0.391. The number of nitrogens with one attached hydrogen (secondary N) is 1. The molecule has 140 valence electrons. The molecule has 0 radical (unpaired) electrons. The average Bonchev–Trinajstić information content (AvgIpc) is 2.62. The lowest BCUT2D eigenvalue weighted by Crippen LogP contribution is -2.41. The van der Waals surface area contributed by atoms with Gasteiger partial charge in [-0.1, -0.05) is 23.4 Å². The van der Waals surface area contributed by atoms with Gasteiger partial charge in [-0.15, -0.1) is 0 Å². The number of carbonyl (C=O) groups is 1. The Morgan fingerprint density at radius 2 is 2.08 bits per heavy atom. The van der Waals surface area contributed by atoms with Gasteiger partial charge in [0.15, 0.2) is 5.16 Å². The van der Waals surface area contributed by atoms with Crippen LogP contribution in [0.15, 0.2) is 11.2 Å². The first-order chi connectivity index (χ1) is 12.1. The second-order valence-electron chi connectivity index (χ2n) is 5.60. The summed E-state index contributed by atoms with van der Waals surface area (Å²) in [5.41, 5.74) is 0. The van der Waals surface area contributed by atoms with E-state index in [2.05, 4.69) is 38.9 Å². The largest absolute Gasteiger partial charge is 0.379 e. The summed E-state index contributed by atoms with van der Waals surface area (Å²) in [7, 11) is 0. The van der Waals surface area contributed by atoms with Gasteiger partial charge >= 0.3 is 0 Å². The Balaban J connectivity index is 1.76. The van der Waals surface area contributed by atoms with E-state index in [1.165, 1.54) is 11.8 Å². The Hall–Kier alpha value is -1.09. The van der Waals surface area contributed by atoms with Crippen molar-refractivity contribution in [3.05, 3.63) is 11.2 Å². The predicted molar refractivity (Wildman–Crippen MR) is 102 cm³/mol. The predicted octanol–water partition coefficient (Wildman–Crippen LogP) is 1.52. The van der Waals surface area contributed by atoms with Crippen molar-refractivity contribution < 1.29 is 9.53 Å². The number of amides is 1. The van der Waals surface area contributed by atoms with Crippen molar-refractivity contribution in [2.45, 2.75) is 19.0 Å². The maximum absolute atomic E-state index is 12.0. The normalized spacial score (nSPS) is 15.2. The highest BCUT2D eigenvalue weighted by atomic mass is 35.5. The molecule has 25 heavy (non-hydrogen) atoms. The van der Waals surface area contributed by atoms with E-state index in [-0.39, 0.29) is 11.7 Å². The minimum absolute atomic E-state index is 0.0220. The highest BCUT2D eigenvalue weighted by Crippen LogP contribution is 2.21. The van der Waals surface area contributed by atoms with Gasteiger partial charge in [-0.3, -0.25) is 9.69 Å². The third kappa shape index (κ3) is 6.97. The van der Waals surface area contributed by atoms with E-state index < -0.39 is 0 Å². The fourth-order valence-electron chi connectivity index (χ4n) is 2.52. The molecule has 7 nitrogen and oxygen atoms in total. The molecule has 0 atom stereocenters. The molecule has 0 bridgehead atoms. The molecule has 0 aromatic carbocycles. The molecule has 1 aromatic heterocycles. The Kier molecular flexibility index (Phi) is 8.74. The fraction of sp³-hybridized carbons (Fsp3) is 0.688. The summed E-state index contributed by atoms with van der Waals surface area (Å²) in [5.74, 6) is 1.05. The van der Waals surface area contributed by atoms with E-state index in [4.69, 9.17) is 16.3 Å². The van der Waals surface area contributed by atoms with Gasteiger partial charge in [0, 0.05) is 45.3 Å². The number of hydrogen-bond acceptors (Lipinski definition) is 7. The topological polar surface area (TPSA) is 70.6 Å². The zero-order valence-electron chi connectivity index (χ0n) is 14.8. The molecule has 1 fully saturated rings. The van der Waals surface area contributed by atoms with Gasteiger partial charge in [0.1, 0.15) is 11.0 Å². The SMILES string of the molecule is CCN(CC)c1cc(Cl)nc(SCC(=O)NCCN2CCOCC2)n1. The monoisotopic (exact) mass is 387 g/mol. The lowest BCUT2D eigenvalue weighted by molar-refractivity contribution is -0.118. The first-order valence-corrected chi connectivity index (χ1v) is 9.97. The van der Waals surface area contributed by atoms with Crippen LogP contribution in [-0.2, 0) is 9.53 Å². The van der Waals surface area contributed by atoms with E-state index in [9.17, 15) is 4.79 Å². The lowest BCUT2D eigenvalue weighted by atomic mass is 10.4. The van der Waals surface area contributed by atoms with Crippen LogP contribution in [0.2, 0.25) is 5.15 Å². The van der Waals surface area contributed by atoms with Crippen molar-refractivity contribution in [2.24, 2.45) is 0 Å². The number of carbonyl (C=O) groups excluding carboxylic acids is 1. The van der Waals surface area contributed by atoms with Gasteiger partial charge in [0.25, 0.3) is 0 Å². The number of morpholine rings is 1.